The molecule has 0 bridgehead atoms. The molecule has 18 heavy (non-hydrogen) atoms. The molecule has 1 aliphatic heterocycles. The molecule has 0 aromatic carbocycles. The van der Waals surface area contributed by atoms with Gasteiger partial charge < -0.3 is 10.6 Å². The molecule has 96 valence electrons. The SMILES string of the molecule is Cc1cc2c(N3CCC(C)C(N)C3)nccn2n1. The maximum atomic E-state index is 6.16. The van der Waals surface area contributed by atoms with Gasteiger partial charge in [-0.3, -0.25) is 0 Å². The minimum Gasteiger partial charge on any atom is -0.353 e. The van der Waals surface area contributed by atoms with Gasteiger partial charge in [-0.05, 0) is 25.3 Å². The lowest BCUT2D eigenvalue weighted by molar-refractivity contribution is 0.378. The third-order valence-electron chi connectivity index (χ3n) is 3.81. The second kappa shape index (κ2) is 4.24. The minimum absolute atomic E-state index is 0.227. The first kappa shape index (κ1) is 11.5. The van der Waals surface area contributed by atoms with Gasteiger partial charge in [-0.15, -0.1) is 0 Å². The van der Waals surface area contributed by atoms with Gasteiger partial charge in [0.25, 0.3) is 0 Å². The first-order chi connectivity index (χ1) is 8.65. The van der Waals surface area contributed by atoms with E-state index >= 15 is 0 Å². The molecular formula is C13H19N5. The van der Waals surface area contributed by atoms with Crippen molar-refractivity contribution >= 4 is 11.3 Å². The Morgan fingerprint density at radius 3 is 3.06 bits per heavy atom. The van der Waals surface area contributed by atoms with E-state index in [2.05, 4.69) is 28.0 Å². The van der Waals surface area contributed by atoms with E-state index in [1.165, 1.54) is 0 Å². The van der Waals surface area contributed by atoms with E-state index in [1.807, 2.05) is 17.6 Å². The molecule has 0 radical (unpaired) electrons. The Bertz CT molecular complexity index is 562. The van der Waals surface area contributed by atoms with Gasteiger partial charge in [-0.2, -0.15) is 5.10 Å². The number of nitrogens with two attached hydrogens (primary N) is 1. The van der Waals surface area contributed by atoms with Gasteiger partial charge in [0.15, 0.2) is 5.82 Å². The van der Waals surface area contributed by atoms with Crippen LogP contribution in [0.25, 0.3) is 5.52 Å². The topological polar surface area (TPSA) is 59.5 Å². The van der Waals surface area contributed by atoms with Crippen LogP contribution < -0.4 is 10.6 Å². The molecule has 1 fully saturated rings. The summed E-state index contributed by atoms with van der Waals surface area (Å²) in [5, 5.41) is 4.42. The highest BCUT2D eigenvalue weighted by atomic mass is 15.3. The molecule has 1 aliphatic rings. The number of aromatic nitrogens is 3. The molecule has 2 atom stereocenters. The van der Waals surface area contributed by atoms with Crippen LogP contribution in [0.5, 0.6) is 0 Å². The van der Waals surface area contributed by atoms with Gasteiger partial charge in [0.1, 0.15) is 5.52 Å². The quantitative estimate of drug-likeness (QED) is 0.820. The standard InChI is InChI=1S/C13H19N5/c1-9-3-5-17(8-11(9)14)13-12-7-10(2)16-18(12)6-4-15-13/h4,6-7,9,11H,3,5,8,14H2,1-2H3. The number of nitrogens with zero attached hydrogens (tertiary/aromatic N) is 4. The van der Waals surface area contributed by atoms with Crippen LogP contribution in [0.15, 0.2) is 18.5 Å². The molecule has 0 amide bonds. The van der Waals surface area contributed by atoms with Crippen LogP contribution in [0.2, 0.25) is 0 Å². The van der Waals surface area contributed by atoms with E-state index in [9.17, 15) is 0 Å². The van der Waals surface area contributed by atoms with Crippen LogP contribution in [0.4, 0.5) is 5.82 Å². The summed E-state index contributed by atoms with van der Waals surface area (Å²) in [4.78, 5) is 6.79. The van der Waals surface area contributed by atoms with Gasteiger partial charge in [0.05, 0.1) is 5.69 Å². The van der Waals surface area contributed by atoms with Crippen molar-refractivity contribution in [3.05, 3.63) is 24.2 Å². The Hall–Kier alpha value is -1.62. The number of piperidine rings is 1. The van der Waals surface area contributed by atoms with Crippen molar-refractivity contribution in [2.24, 2.45) is 11.7 Å². The molecule has 2 N–H and O–H groups in total. The van der Waals surface area contributed by atoms with E-state index in [-0.39, 0.29) is 6.04 Å². The van der Waals surface area contributed by atoms with E-state index < -0.39 is 0 Å². The second-order valence-corrected chi connectivity index (χ2v) is 5.24. The summed E-state index contributed by atoms with van der Waals surface area (Å²) in [6.45, 7) is 6.11. The van der Waals surface area contributed by atoms with Crippen molar-refractivity contribution in [2.45, 2.75) is 26.3 Å². The number of fused-ring (bicyclic) bond motifs is 1. The van der Waals surface area contributed by atoms with Crippen LogP contribution in [0.1, 0.15) is 19.0 Å². The smallest absolute Gasteiger partial charge is 0.154 e. The van der Waals surface area contributed by atoms with Crippen LogP contribution in [-0.2, 0) is 0 Å². The zero-order chi connectivity index (χ0) is 12.7. The largest absolute Gasteiger partial charge is 0.353 e. The highest BCUT2D eigenvalue weighted by Gasteiger charge is 2.25. The Morgan fingerprint density at radius 1 is 1.44 bits per heavy atom. The van der Waals surface area contributed by atoms with E-state index in [0.717, 1.165) is 36.5 Å². The molecule has 2 aromatic rings. The Morgan fingerprint density at radius 2 is 2.28 bits per heavy atom. The molecule has 3 rings (SSSR count). The number of aryl methyl sites for hydroxylation is 1. The number of hydrogen-bond acceptors (Lipinski definition) is 4. The van der Waals surface area contributed by atoms with Crippen molar-refractivity contribution in [1.82, 2.24) is 14.6 Å². The molecule has 2 unspecified atom stereocenters. The van der Waals surface area contributed by atoms with Gasteiger partial charge in [0.2, 0.25) is 0 Å². The highest BCUT2D eigenvalue weighted by Crippen LogP contribution is 2.24. The fourth-order valence-corrected chi connectivity index (χ4v) is 2.57. The summed E-state index contributed by atoms with van der Waals surface area (Å²) in [5.41, 5.74) is 8.24. The lowest BCUT2D eigenvalue weighted by atomic mass is 9.94. The predicted molar refractivity (Wildman–Crippen MR) is 71.7 cm³/mol. The Labute approximate surface area is 107 Å². The second-order valence-electron chi connectivity index (χ2n) is 5.24. The third kappa shape index (κ3) is 1.84. The summed E-state index contributed by atoms with van der Waals surface area (Å²) in [6.07, 6.45) is 4.81. The molecule has 0 spiro atoms. The van der Waals surface area contributed by atoms with E-state index in [4.69, 9.17) is 5.73 Å². The summed E-state index contributed by atoms with van der Waals surface area (Å²) >= 11 is 0. The Balaban J connectivity index is 1.99. The molecule has 3 heterocycles. The van der Waals surface area contributed by atoms with Crippen molar-refractivity contribution in [3.63, 3.8) is 0 Å². The maximum Gasteiger partial charge on any atom is 0.154 e. The van der Waals surface area contributed by atoms with Gasteiger partial charge in [-0.1, -0.05) is 6.92 Å². The molecular weight excluding hydrogens is 226 g/mol. The molecule has 0 aliphatic carbocycles. The van der Waals surface area contributed by atoms with Crippen LogP contribution in [0, 0.1) is 12.8 Å². The molecule has 0 saturated carbocycles. The third-order valence-corrected chi connectivity index (χ3v) is 3.81. The fourth-order valence-electron chi connectivity index (χ4n) is 2.57. The molecule has 5 nitrogen and oxygen atoms in total. The van der Waals surface area contributed by atoms with Crippen molar-refractivity contribution < 1.29 is 0 Å². The van der Waals surface area contributed by atoms with Crippen LogP contribution in [-0.4, -0.2) is 33.7 Å². The fraction of sp³-hybridized carbons (Fsp3) is 0.538. The Kier molecular flexibility index (Phi) is 2.70. The number of anilines is 1. The minimum atomic E-state index is 0.227. The molecule has 5 heteroatoms. The lowest BCUT2D eigenvalue weighted by Crippen LogP contribution is -2.48. The summed E-state index contributed by atoms with van der Waals surface area (Å²) in [5.74, 6) is 1.59. The zero-order valence-corrected chi connectivity index (χ0v) is 10.9. The zero-order valence-electron chi connectivity index (χ0n) is 10.9. The first-order valence-corrected chi connectivity index (χ1v) is 6.46. The monoisotopic (exact) mass is 245 g/mol. The first-order valence-electron chi connectivity index (χ1n) is 6.46. The summed E-state index contributed by atoms with van der Waals surface area (Å²) in [7, 11) is 0. The normalized spacial score (nSPS) is 24.7. The highest BCUT2D eigenvalue weighted by molar-refractivity contribution is 5.69. The van der Waals surface area contributed by atoms with Crippen LogP contribution >= 0.6 is 0 Å². The average molecular weight is 245 g/mol. The van der Waals surface area contributed by atoms with Crippen molar-refractivity contribution in [3.8, 4) is 0 Å². The van der Waals surface area contributed by atoms with Crippen LogP contribution in [0.3, 0.4) is 0 Å². The average Bonchev–Trinajstić information content (AvgIpc) is 2.72. The van der Waals surface area contributed by atoms with Crippen molar-refractivity contribution in [1.29, 1.82) is 0 Å². The van der Waals surface area contributed by atoms with E-state index in [1.54, 1.807) is 6.20 Å². The number of rotatable bonds is 1. The summed E-state index contributed by atoms with van der Waals surface area (Å²) in [6, 6.07) is 2.30. The number of hydrogen-bond donors (Lipinski definition) is 1. The predicted octanol–water partition coefficient (Wildman–Crippen LogP) is 1.21. The molecule has 2 aromatic heterocycles. The maximum absolute atomic E-state index is 6.16. The van der Waals surface area contributed by atoms with Gasteiger partial charge in [0, 0.05) is 31.5 Å². The molecule has 1 saturated heterocycles. The lowest BCUT2D eigenvalue weighted by Gasteiger charge is -2.35. The van der Waals surface area contributed by atoms with Crippen molar-refractivity contribution in [2.75, 3.05) is 18.0 Å². The van der Waals surface area contributed by atoms with Gasteiger partial charge in [-0.25, -0.2) is 9.50 Å². The van der Waals surface area contributed by atoms with E-state index in [0.29, 0.717) is 5.92 Å². The van der Waals surface area contributed by atoms with Gasteiger partial charge >= 0.3 is 0 Å². The summed E-state index contributed by atoms with van der Waals surface area (Å²) < 4.78 is 1.89.